The molecular formula is C21H25N3O3S. The lowest BCUT2D eigenvalue weighted by Gasteiger charge is -2.12. The Hall–Kier alpha value is -2.93. The van der Waals surface area contributed by atoms with Gasteiger partial charge in [0.1, 0.15) is 5.75 Å². The number of carbonyl (C=O) groups is 2. The summed E-state index contributed by atoms with van der Waals surface area (Å²) < 4.78 is 5.11. The first-order valence-corrected chi connectivity index (χ1v) is 9.36. The standard InChI is InChI=1S/C21H25N3O3S/c1-14-4-5-15(2)18(12-14)19(25)10-11-20(26)23-24-21(28)22-13-16-6-8-17(27-3)9-7-16/h4-9,12H,10-11,13H2,1-3H3,(H,23,26)(H2,22,24,28). The van der Waals surface area contributed by atoms with Crippen molar-refractivity contribution in [1.82, 2.24) is 16.2 Å². The Morgan fingerprint density at radius 2 is 1.71 bits per heavy atom. The monoisotopic (exact) mass is 399 g/mol. The number of Topliss-reactive ketones (excluding diaryl/α,β-unsaturated/α-hetero) is 1. The van der Waals surface area contributed by atoms with Gasteiger partial charge in [-0.15, -0.1) is 0 Å². The number of amides is 1. The SMILES string of the molecule is COc1ccc(CNC(=S)NNC(=O)CCC(=O)c2cc(C)ccc2C)cc1. The summed E-state index contributed by atoms with van der Waals surface area (Å²) in [7, 11) is 1.62. The lowest BCUT2D eigenvalue weighted by Crippen LogP contribution is -2.46. The molecule has 2 aromatic rings. The highest BCUT2D eigenvalue weighted by atomic mass is 32.1. The number of rotatable bonds is 7. The quantitative estimate of drug-likeness (QED) is 0.377. The maximum absolute atomic E-state index is 12.3. The number of ether oxygens (including phenoxy) is 1. The molecule has 28 heavy (non-hydrogen) atoms. The number of thiocarbonyl (C=S) groups is 1. The first-order valence-electron chi connectivity index (χ1n) is 8.95. The average molecular weight is 400 g/mol. The molecule has 0 saturated carbocycles. The van der Waals surface area contributed by atoms with E-state index < -0.39 is 0 Å². The first kappa shape index (κ1) is 21.4. The summed E-state index contributed by atoms with van der Waals surface area (Å²) in [4.78, 5) is 24.3. The Balaban J connectivity index is 1.70. The van der Waals surface area contributed by atoms with Crippen LogP contribution >= 0.6 is 12.2 Å². The van der Waals surface area contributed by atoms with Crippen LogP contribution in [0.25, 0.3) is 0 Å². The van der Waals surface area contributed by atoms with Crippen molar-refractivity contribution in [3.63, 3.8) is 0 Å². The number of carbonyl (C=O) groups excluding carboxylic acids is 2. The molecule has 6 nitrogen and oxygen atoms in total. The molecule has 0 radical (unpaired) electrons. The van der Waals surface area contributed by atoms with Crippen LogP contribution < -0.4 is 20.9 Å². The Morgan fingerprint density at radius 1 is 1.00 bits per heavy atom. The van der Waals surface area contributed by atoms with Crippen molar-refractivity contribution in [2.45, 2.75) is 33.2 Å². The minimum atomic E-state index is -0.299. The van der Waals surface area contributed by atoms with Gasteiger partial charge in [0.2, 0.25) is 5.91 Å². The zero-order valence-corrected chi connectivity index (χ0v) is 17.1. The molecule has 0 unspecified atom stereocenters. The minimum Gasteiger partial charge on any atom is -0.497 e. The number of hydrogen-bond donors (Lipinski definition) is 3. The van der Waals surface area contributed by atoms with E-state index in [2.05, 4.69) is 16.2 Å². The average Bonchev–Trinajstić information content (AvgIpc) is 2.71. The molecule has 0 aliphatic rings. The van der Waals surface area contributed by atoms with Crippen LogP contribution in [0, 0.1) is 13.8 Å². The number of methoxy groups -OCH3 is 1. The van der Waals surface area contributed by atoms with Crippen LogP contribution in [0.2, 0.25) is 0 Å². The summed E-state index contributed by atoms with van der Waals surface area (Å²) in [5, 5.41) is 3.29. The van der Waals surface area contributed by atoms with E-state index >= 15 is 0 Å². The van der Waals surface area contributed by atoms with E-state index in [0.717, 1.165) is 22.4 Å². The summed E-state index contributed by atoms with van der Waals surface area (Å²) >= 11 is 5.14. The van der Waals surface area contributed by atoms with Crippen LogP contribution in [0.1, 0.15) is 39.9 Å². The third-order valence-corrected chi connectivity index (χ3v) is 4.45. The van der Waals surface area contributed by atoms with E-state index in [1.807, 2.05) is 56.3 Å². The van der Waals surface area contributed by atoms with Gasteiger partial charge < -0.3 is 10.1 Å². The molecule has 0 bridgehead atoms. The van der Waals surface area contributed by atoms with Gasteiger partial charge in [0.25, 0.3) is 0 Å². The van der Waals surface area contributed by atoms with E-state index in [1.165, 1.54) is 0 Å². The third kappa shape index (κ3) is 6.66. The number of benzene rings is 2. The Kier molecular flexibility index (Phi) is 7.95. The highest BCUT2D eigenvalue weighted by Gasteiger charge is 2.12. The van der Waals surface area contributed by atoms with Crippen LogP contribution in [-0.2, 0) is 11.3 Å². The van der Waals surface area contributed by atoms with Crippen molar-refractivity contribution < 1.29 is 14.3 Å². The molecule has 7 heteroatoms. The topological polar surface area (TPSA) is 79.5 Å². The van der Waals surface area contributed by atoms with E-state index in [9.17, 15) is 9.59 Å². The maximum Gasteiger partial charge on any atom is 0.238 e. The van der Waals surface area contributed by atoms with E-state index in [4.69, 9.17) is 17.0 Å². The number of nitrogens with one attached hydrogen (secondary N) is 3. The molecule has 0 fully saturated rings. The van der Waals surface area contributed by atoms with Gasteiger partial charge in [0.15, 0.2) is 10.9 Å². The molecule has 0 aromatic heterocycles. The van der Waals surface area contributed by atoms with Crippen molar-refractivity contribution in [3.05, 3.63) is 64.7 Å². The van der Waals surface area contributed by atoms with Gasteiger partial charge >= 0.3 is 0 Å². The second-order valence-corrected chi connectivity index (χ2v) is 6.85. The lowest BCUT2D eigenvalue weighted by atomic mass is 9.99. The van der Waals surface area contributed by atoms with Crippen molar-refractivity contribution in [2.75, 3.05) is 7.11 Å². The predicted octanol–water partition coefficient (Wildman–Crippen LogP) is 2.97. The highest BCUT2D eigenvalue weighted by molar-refractivity contribution is 7.80. The van der Waals surface area contributed by atoms with Crippen LogP contribution in [0.4, 0.5) is 0 Å². The summed E-state index contributed by atoms with van der Waals surface area (Å²) in [6.07, 6.45) is 0.226. The number of aryl methyl sites for hydroxylation is 2. The normalized spacial score (nSPS) is 10.1. The highest BCUT2D eigenvalue weighted by Crippen LogP contribution is 2.14. The molecule has 0 aliphatic heterocycles. The maximum atomic E-state index is 12.3. The van der Waals surface area contributed by atoms with Gasteiger partial charge in [-0.05, 0) is 55.4 Å². The minimum absolute atomic E-state index is 0.0449. The van der Waals surface area contributed by atoms with Gasteiger partial charge in [-0.25, -0.2) is 0 Å². The molecular weight excluding hydrogens is 374 g/mol. The summed E-state index contributed by atoms with van der Waals surface area (Å²) in [5.41, 5.74) is 8.77. The first-order chi connectivity index (χ1) is 13.4. The lowest BCUT2D eigenvalue weighted by molar-refractivity contribution is -0.121. The largest absolute Gasteiger partial charge is 0.497 e. The molecule has 148 valence electrons. The van der Waals surface area contributed by atoms with Crippen molar-refractivity contribution >= 4 is 29.0 Å². The van der Waals surface area contributed by atoms with E-state index in [1.54, 1.807) is 7.11 Å². The van der Waals surface area contributed by atoms with Gasteiger partial charge in [-0.3, -0.25) is 20.4 Å². The molecule has 2 aromatic carbocycles. The van der Waals surface area contributed by atoms with Crippen molar-refractivity contribution in [2.24, 2.45) is 0 Å². The van der Waals surface area contributed by atoms with Crippen LogP contribution in [0.15, 0.2) is 42.5 Å². The van der Waals surface area contributed by atoms with Gasteiger partial charge in [0.05, 0.1) is 7.11 Å². The van der Waals surface area contributed by atoms with Gasteiger partial charge in [0, 0.05) is 24.9 Å². The van der Waals surface area contributed by atoms with E-state index in [-0.39, 0.29) is 24.5 Å². The molecule has 0 aliphatic carbocycles. The summed E-state index contributed by atoms with van der Waals surface area (Å²) in [6, 6.07) is 13.3. The molecule has 0 saturated heterocycles. The summed E-state index contributed by atoms with van der Waals surface area (Å²) in [5.74, 6) is 0.441. The molecule has 3 N–H and O–H groups in total. The Labute approximate surface area is 170 Å². The molecule has 0 spiro atoms. The fourth-order valence-corrected chi connectivity index (χ4v) is 2.68. The number of hydrogen-bond acceptors (Lipinski definition) is 4. The Morgan fingerprint density at radius 3 is 2.39 bits per heavy atom. The van der Waals surface area contributed by atoms with Crippen molar-refractivity contribution in [3.8, 4) is 5.75 Å². The van der Waals surface area contributed by atoms with Gasteiger partial charge in [-0.1, -0.05) is 29.8 Å². The van der Waals surface area contributed by atoms with Gasteiger partial charge in [-0.2, -0.15) is 0 Å². The third-order valence-electron chi connectivity index (χ3n) is 4.20. The molecule has 0 atom stereocenters. The zero-order chi connectivity index (χ0) is 20.5. The fraction of sp³-hybridized carbons (Fsp3) is 0.286. The van der Waals surface area contributed by atoms with Crippen molar-refractivity contribution in [1.29, 1.82) is 0 Å². The predicted molar refractivity (Wildman–Crippen MR) is 113 cm³/mol. The van der Waals surface area contributed by atoms with Crippen LogP contribution in [0.3, 0.4) is 0 Å². The molecule has 2 rings (SSSR count). The van der Waals surface area contributed by atoms with Crippen LogP contribution in [0.5, 0.6) is 5.75 Å². The number of ketones is 1. The molecule has 0 heterocycles. The second kappa shape index (κ2) is 10.4. The van der Waals surface area contributed by atoms with E-state index in [0.29, 0.717) is 17.2 Å². The van der Waals surface area contributed by atoms with Crippen LogP contribution in [-0.4, -0.2) is 23.9 Å². The number of hydrazine groups is 1. The smallest absolute Gasteiger partial charge is 0.238 e. The Bertz CT molecular complexity index is 850. The second-order valence-electron chi connectivity index (χ2n) is 6.45. The zero-order valence-electron chi connectivity index (χ0n) is 16.3. The summed E-state index contributed by atoms with van der Waals surface area (Å²) in [6.45, 7) is 4.34. The molecule has 1 amide bonds. The fourth-order valence-electron chi connectivity index (χ4n) is 2.56.